The predicted octanol–water partition coefficient (Wildman–Crippen LogP) is 5.32. The minimum Gasteiger partial charge on any atom is -0.294 e. The van der Waals surface area contributed by atoms with Gasteiger partial charge in [0.05, 0.1) is 0 Å². The molecule has 2 aromatic carbocycles. The van der Waals surface area contributed by atoms with E-state index in [1.165, 1.54) is 18.2 Å². The first-order valence-corrected chi connectivity index (χ1v) is 6.94. The van der Waals surface area contributed by atoms with E-state index in [1.54, 1.807) is 18.2 Å². The van der Waals surface area contributed by atoms with Crippen LogP contribution in [-0.4, -0.2) is 5.78 Å². The molecule has 0 saturated heterocycles. The number of hydrogen-bond acceptors (Lipinski definition) is 1. The fourth-order valence-electron chi connectivity index (χ4n) is 1.65. The molecule has 0 saturated carbocycles. The molecule has 0 N–H and O–H groups in total. The largest absolute Gasteiger partial charge is 0.294 e. The van der Waals surface area contributed by atoms with Crippen LogP contribution in [0.2, 0.25) is 10.0 Å². The average molecular weight is 362 g/mol. The van der Waals surface area contributed by atoms with Gasteiger partial charge in [0.15, 0.2) is 5.78 Å². The summed E-state index contributed by atoms with van der Waals surface area (Å²) in [6, 6.07) is 8.94. The number of carbonyl (C=O) groups is 1. The molecule has 0 unspecified atom stereocenters. The van der Waals surface area contributed by atoms with Crippen LogP contribution in [0.4, 0.5) is 4.39 Å². The molecule has 0 aliphatic heterocycles. The summed E-state index contributed by atoms with van der Waals surface area (Å²) in [5.74, 6) is -0.538. The fraction of sp³-hybridized carbons (Fsp3) is 0.0714. The Labute approximate surface area is 128 Å². The monoisotopic (exact) mass is 360 g/mol. The van der Waals surface area contributed by atoms with Gasteiger partial charge in [-0.05, 0) is 51.8 Å². The van der Waals surface area contributed by atoms with E-state index in [1.807, 2.05) is 0 Å². The smallest absolute Gasteiger partial charge is 0.168 e. The minimum absolute atomic E-state index is 0.139. The predicted molar refractivity (Wildman–Crippen MR) is 78.6 cm³/mol. The number of ketones is 1. The molecule has 0 aromatic heterocycles. The van der Waals surface area contributed by atoms with E-state index in [9.17, 15) is 9.18 Å². The second-order valence-corrected chi connectivity index (χ2v) is 5.66. The van der Waals surface area contributed by atoms with Gasteiger partial charge in [-0.15, -0.1) is 0 Å². The average Bonchev–Trinajstić information content (AvgIpc) is 2.32. The van der Waals surface area contributed by atoms with Crippen LogP contribution in [0.1, 0.15) is 15.9 Å². The molecule has 5 heteroatoms. The molecular formula is C14H8BrCl2FO. The Kier molecular flexibility index (Phi) is 4.61. The highest BCUT2D eigenvalue weighted by Crippen LogP contribution is 2.24. The van der Waals surface area contributed by atoms with Crippen LogP contribution in [0.5, 0.6) is 0 Å². The first-order chi connectivity index (χ1) is 8.97. The van der Waals surface area contributed by atoms with Gasteiger partial charge in [-0.25, -0.2) is 4.39 Å². The maximum absolute atomic E-state index is 13.0. The number of rotatable bonds is 3. The van der Waals surface area contributed by atoms with Crippen molar-refractivity contribution >= 4 is 44.9 Å². The Balaban J connectivity index is 2.25. The highest BCUT2D eigenvalue weighted by Gasteiger charge is 2.13. The number of halogens is 4. The second kappa shape index (κ2) is 6.04. The molecule has 0 amide bonds. The van der Waals surface area contributed by atoms with Crippen LogP contribution in [0.15, 0.2) is 40.9 Å². The van der Waals surface area contributed by atoms with Gasteiger partial charge >= 0.3 is 0 Å². The Hall–Kier alpha value is -0.900. The van der Waals surface area contributed by atoms with Gasteiger partial charge in [0.25, 0.3) is 0 Å². The SMILES string of the molecule is O=C(Cc1ccc(Cl)cc1Cl)c1ccc(F)cc1Br. The molecule has 1 nitrogen and oxygen atoms in total. The lowest BCUT2D eigenvalue weighted by atomic mass is 10.0. The molecule has 2 aromatic rings. The molecule has 0 atom stereocenters. The van der Waals surface area contributed by atoms with E-state index in [-0.39, 0.29) is 12.2 Å². The maximum atomic E-state index is 13.0. The van der Waals surface area contributed by atoms with Gasteiger partial charge < -0.3 is 0 Å². The van der Waals surface area contributed by atoms with E-state index in [4.69, 9.17) is 23.2 Å². The molecule has 0 spiro atoms. The lowest BCUT2D eigenvalue weighted by Crippen LogP contribution is -2.05. The first-order valence-electron chi connectivity index (χ1n) is 5.39. The van der Waals surface area contributed by atoms with E-state index in [0.29, 0.717) is 25.6 Å². The number of hydrogen-bond donors (Lipinski definition) is 0. The zero-order valence-electron chi connectivity index (χ0n) is 9.59. The summed E-state index contributed by atoms with van der Waals surface area (Å²) < 4.78 is 13.4. The topological polar surface area (TPSA) is 17.1 Å². The Morgan fingerprint density at radius 2 is 1.89 bits per heavy atom. The number of benzene rings is 2. The maximum Gasteiger partial charge on any atom is 0.168 e. The third-order valence-electron chi connectivity index (χ3n) is 2.60. The summed E-state index contributed by atoms with van der Waals surface area (Å²) in [5, 5.41) is 0.961. The van der Waals surface area contributed by atoms with Gasteiger partial charge in [0.2, 0.25) is 0 Å². The Morgan fingerprint density at radius 3 is 2.53 bits per heavy atom. The lowest BCUT2D eigenvalue weighted by Gasteiger charge is -2.06. The Bertz CT molecular complexity index is 643. The third kappa shape index (κ3) is 3.56. The molecule has 2 rings (SSSR count). The van der Waals surface area contributed by atoms with E-state index >= 15 is 0 Å². The van der Waals surface area contributed by atoms with Gasteiger partial charge in [-0.2, -0.15) is 0 Å². The van der Waals surface area contributed by atoms with Crippen LogP contribution in [-0.2, 0) is 6.42 Å². The zero-order valence-corrected chi connectivity index (χ0v) is 12.7. The molecule has 0 aliphatic rings. The second-order valence-electron chi connectivity index (χ2n) is 3.96. The van der Waals surface area contributed by atoms with Crippen molar-refractivity contribution in [2.75, 3.05) is 0 Å². The number of Topliss-reactive ketones (excluding diaryl/α,β-unsaturated/α-hetero) is 1. The van der Waals surface area contributed by atoms with Crippen LogP contribution >= 0.6 is 39.1 Å². The van der Waals surface area contributed by atoms with Crippen LogP contribution in [0, 0.1) is 5.82 Å². The summed E-state index contributed by atoms with van der Waals surface area (Å²) in [6.45, 7) is 0. The standard InChI is InChI=1S/C14H8BrCl2FO/c15-12-7-10(18)3-4-11(12)14(19)5-8-1-2-9(16)6-13(8)17/h1-4,6-7H,5H2. The molecule has 0 bridgehead atoms. The van der Waals surface area contributed by atoms with Crippen LogP contribution < -0.4 is 0 Å². The van der Waals surface area contributed by atoms with E-state index in [2.05, 4.69) is 15.9 Å². The summed E-state index contributed by atoms with van der Waals surface area (Å²) >= 11 is 15.0. The molecule has 0 fully saturated rings. The molecule has 19 heavy (non-hydrogen) atoms. The zero-order chi connectivity index (χ0) is 14.0. The Morgan fingerprint density at radius 1 is 1.16 bits per heavy atom. The molecular weight excluding hydrogens is 354 g/mol. The first kappa shape index (κ1) is 14.5. The van der Waals surface area contributed by atoms with Gasteiger partial charge in [0, 0.05) is 26.5 Å². The van der Waals surface area contributed by atoms with Crippen molar-refractivity contribution in [3.8, 4) is 0 Å². The summed E-state index contributed by atoms with van der Waals surface area (Å²) in [5.41, 5.74) is 1.11. The fourth-order valence-corrected chi connectivity index (χ4v) is 2.70. The molecule has 98 valence electrons. The molecule has 0 radical (unpaired) electrons. The molecule has 0 aliphatic carbocycles. The van der Waals surface area contributed by atoms with Gasteiger partial charge in [-0.1, -0.05) is 29.3 Å². The van der Waals surface area contributed by atoms with Gasteiger partial charge in [0.1, 0.15) is 5.82 Å². The lowest BCUT2D eigenvalue weighted by molar-refractivity contribution is 0.0992. The minimum atomic E-state index is -0.395. The van der Waals surface area contributed by atoms with Crippen molar-refractivity contribution in [3.05, 3.63) is 67.9 Å². The van der Waals surface area contributed by atoms with E-state index in [0.717, 1.165) is 0 Å². The normalized spacial score (nSPS) is 10.5. The summed E-state index contributed by atoms with van der Waals surface area (Å²) in [7, 11) is 0. The molecule has 0 heterocycles. The quantitative estimate of drug-likeness (QED) is 0.676. The highest BCUT2D eigenvalue weighted by molar-refractivity contribution is 9.10. The van der Waals surface area contributed by atoms with Crippen molar-refractivity contribution in [2.24, 2.45) is 0 Å². The van der Waals surface area contributed by atoms with Crippen molar-refractivity contribution < 1.29 is 9.18 Å². The van der Waals surface area contributed by atoms with Crippen LogP contribution in [0.3, 0.4) is 0 Å². The third-order valence-corrected chi connectivity index (χ3v) is 3.84. The van der Waals surface area contributed by atoms with Gasteiger partial charge in [-0.3, -0.25) is 4.79 Å². The van der Waals surface area contributed by atoms with Crippen LogP contribution in [0.25, 0.3) is 0 Å². The highest BCUT2D eigenvalue weighted by atomic mass is 79.9. The summed E-state index contributed by atoms with van der Waals surface area (Å²) in [4.78, 5) is 12.1. The number of carbonyl (C=O) groups excluding carboxylic acids is 1. The summed E-state index contributed by atoms with van der Waals surface area (Å²) in [6.07, 6.45) is 0.139. The van der Waals surface area contributed by atoms with Crippen molar-refractivity contribution in [1.82, 2.24) is 0 Å². The van der Waals surface area contributed by atoms with E-state index < -0.39 is 5.82 Å². The van der Waals surface area contributed by atoms with Crippen molar-refractivity contribution in [1.29, 1.82) is 0 Å². The van der Waals surface area contributed by atoms with Crippen molar-refractivity contribution in [3.63, 3.8) is 0 Å². The van der Waals surface area contributed by atoms with Crippen molar-refractivity contribution in [2.45, 2.75) is 6.42 Å².